The van der Waals surface area contributed by atoms with Crippen LogP contribution in [0.1, 0.15) is 86.4 Å². The van der Waals surface area contributed by atoms with E-state index in [-0.39, 0.29) is 37.8 Å². The van der Waals surface area contributed by atoms with Gasteiger partial charge < -0.3 is 24.1 Å². The van der Waals surface area contributed by atoms with Crippen LogP contribution >= 0.6 is 7.44 Å². The second-order valence-corrected chi connectivity index (χ2v) is 17.3. The molecular weight excluding hydrogens is 699 g/mol. The monoisotopic (exact) mass is 756 g/mol. The molecule has 54 heavy (non-hydrogen) atoms. The summed E-state index contributed by atoms with van der Waals surface area (Å²) >= 11 is 0. The quantitative estimate of drug-likeness (QED) is 0.0462. The van der Waals surface area contributed by atoms with Crippen LogP contribution in [0.25, 0.3) is 0 Å². The number of aromatic hydroxyl groups is 1. The number of carbonyl (C=O) groups is 2. The summed E-state index contributed by atoms with van der Waals surface area (Å²) in [6.07, 6.45) is 0.778. The summed E-state index contributed by atoms with van der Waals surface area (Å²) in [5, 5.41) is 16.7. The molecule has 9 nitrogen and oxygen atoms in total. The molecule has 10 heteroatoms. The summed E-state index contributed by atoms with van der Waals surface area (Å²) in [6.45, 7) is 15.3. The van der Waals surface area contributed by atoms with Crippen molar-refractivity contribution in [1.29, 1.82) is 0 Å². The van der Waals surface area contributed by atoms with Crippen LogP contribution in [0.2, 0.25) is 0 Å². The SMILES string of the molecule is Cc1cc(OCP(=O)(N[C@@H](Cc2ccccc2)C(=O)OC(C)C)N[C@@](C=O)(COC(C)C)Cc2ccccc2)cc(C)c1Cc1ccc(O)c(C(C)C)c1. The molecule has 4 rings (SSSR count). The fourth-order valence-electron chi connectivity index (χ4n) is 6.42. The van der Waals surface area contributed by atoms with Crippen molar-refractivity contribution in [1.82, 2.24) is 10.2 Å². The Hall–Kier alpha value is -4.27. The lowest BCUT2D eigenvalue weighted by molar-refractivity contribution is -0.149. The second-order valence-electron chi connectivity index (χ2n) is 15.0. The highest BCUT2D eigenvalue weighted by atomic mass is 31.2. The maximum atomic E-state index is 15.4. The molecule has 3 atom stereocenters. The third-order valence-electron chi connectivity index (χ3n) is 9.13. The van der Waals surface area contributed by atoms with Crippen molar-refractivity contribution in [2.45, 2.75) is 104 Å². The van der Waals surface area contributed by atoms with Crippen molar-refractivity contribution in [2.75, 3.05) is 13.0 Å². The first-order valence-electron chi connectivity index (χ1n) is 18.7. The number of ether oxygens (including phenoxy) is 3. The highest BCUT2D eigenvalue weighted by molar-refractivity contribution is 7.59. The maximum Gasteiger partial charge on any atom is 0.324 e. The molecule has 290 valence electrons. The van der Waals surface area contributed by atoms with Crippen LogP contribution in [0.5, 0.6) is 11.5 Å². The molecule has 0 bridgehead atoms. The number of esters is 1. The molecule has 0 aliphatic rings. The summed E-state index contributed by atoms with van der Waals surface area (Å²) in [4.78, 5) is 26.8. The summed E-state index contributed by atoms with van der Waals surface area (Å²) in [5.41, 5.74) is 5.32. The van der Waals surface area contributed by atoms with Crippen LogP contribution in [0.3, 0.4) is 0 Å². The van der Waals surface area contributed by atoms with Crippen molar-refractivity contribution >= 4 is 19.7 Å². The third kappa shape index (κ3) is 12.4. The number of phenols is 1. The van der Waals surface area contributed by atoms with Crippen molar-refractivity contribution in [2.24, 2.45) is 0 Å². The van der Waals surface area contributed by atoms with Gasteiger partial charge in [0.05, 0.1) is 18.8 Å². The van der Waals surface area contributed by atoms with E-state index in [1.165, 1.54) is 0 Å². The number of aldehydes is 1. The lowest BCUT2D eigenvalue weighted by Crippen LogP contribution is -2.55. The average molecular weight is 757 g/mol. The van der Waals surface area contributed by atoms with Crippen LogP contribution in [0.4, 0.5) is 0 Å². The van der Waals surface area contributed by atoms with Crippen molar-refractivity contribution < 1.29 is 33.5 Å². The standard InChI is InChI=1S/C44H57N2O7P/c1-30(2)39-23-37(19-20-42(39)48)24-40-33(7)21-38(22-34(40)8)52-29-54(50,45-41(43(49)53-32(5)6)25-35-15-11-9-12-16-35)46-44(27-47,28-51-31(3)4)26-36-17-13-10-14-18-36/h9-23,27,30-32,41,48H,24-26,28-29H2,1-8H3,(H2,45,46,50)/t41-,44-,54?/m0/s1. The largest absolute Gasteiger partial charge is 0.508 e. The van der Waals surface area contributed by atoms with Gasteiger partial charge in [0.2, 0.25) is 7.44 Å². The van der Waals surface area contributed by atoms with Gasteiger partial charge in [0.1, 0.15) is 29.4 Å². The highest BCUT2D eigenvalue weighted by Crippen LogP contribution is 2.42. The molecule has 0 saturated heterocycles. The molecule has 4 aromatic rings. The normalized spacial score (nSPS) is 14.4. The van der Waals surface area contributed by atoms with Gasteiger partial charge in [0, 0.05) is 6.42 Å². The van der Waals surface area contributed by atoms with E-state index in [0.29, 0.717) is 17.9 Å². The zero-order valence-electron chi connectivity index (χ0n) is 32.9. The van der Waals surface area contributed by atoms with E-state index in [0.717, 1.165) is 45.2 Å². The zero-order valence-corrected chi connectivity index (χ0v) is 33.8. The minimum Gasteiger partial charge on any atom is -0.508 e. The van der Waals surface area contributed by atoms with Gasteiger partial charge in [-0.25, -0.2) is 10.2 Å². The molecule has 0 amide bonds. The molecule has 0 saturated carbocycles. The minimum absolute atomic E-state index is 0.0722. The third-order valence-corrected chi connectivity index (χ3v) is 11.2. The molecule has 0 fully saturated rings. The Kier molecular flexibility index (Phi) is 15.2. The number of nitrogens with one attached hydrogen (secondary N) is 2. The topological polar surface area (TPSA) is 123 Å². The van der Waals surface area contributed by atoms with Crippen LogP contribution in [0.15, 0.2) is 91.0 Å². The van der Waals surface area contributed by atoms with E-state index in [9.17, 15) is 14.7 Å². The van der Waals surface area contributed by atoms with E-state index in [2.05, 4.69) is 24.0 Å². The number of hydrogen-bond donors (Lipinski definition) is 3. The average Bonchev–Trinajstić information content (AvgIpc) is 3.12. The highest BCUT2D eigenvalue weighted by Gasteiger charge is 2.41. The Morgan fingerprint density at radius 1 is 0.833 bits per heavy atom. The van der Waals surface area contributed by atoms with Gasteiger partial charge in [-0.15, -0.1) is 0 Å². The molecule has 0 aliphatic heterocycles. The molecule has 0 aliphatic carbocycles. The van der Waals surface area contributed by atoms with Gasteiger partial charge in [0.15, 0.2) is 6.35 Å². The molecule has 0 aromatic heterocycles. The molecular formula is C44H57N2O7P. The summed E-state index contributed by atoms with van der Waals surface area (Å²) in [5.74, 6) is 0.399. The lowest BCUT2D eigenvalue weighted by Gasteiger charge is -2.36. The van der Waals surface area contributed by atoms with Gasteiger partial charge in [-0.1, -0.05) is 86.6 Å². The lowest BCUT2D eigenvalue weighted by atomic mass is 9.93. The van der Waals surface area contributed by atoms with E-state index in [4.69, 9.17) is 14.2 Å². The number of aryl methyl sites for hydroxylation is 2. The van der Waals surface area contributed by atoms with Gasteiger partial charge in [-0.3, -0.25) is 9.36 Å². The number of rotatable bonds is 20. The predicted molar refractivity (Wildman–Crippen MR) is 215 cm³/mol. The second kappa shape index (κ2) is 19.4. The van der Waals surface area contributed by atoms with E-state index >= 15 is 4.57 Å². The van der Waals surface area contributed by atoms with Crippen LogP contribution in [-0.2, 0) is 42.9 Å². The number of carbonyl (C=O) groups excluding carboxylic acids is 2. The molecule has 0 radical (unpaired) electrons. The first-order chi connectivity index (χ1) is 25.6. The van der Waals surface area contributed by atoms with Crippen molar-refractivity contribution in [3.63, 3.8) is 0 Å². The number of benzene rings is 4. The predicted octanol–water partition coefficient (Wildman–Crippen LogP) is 8.60. The zero-order chi connectivity index (χ0) is 39.5. The minimum atomic E-state index is -3.98. The van der Waals surface area contributed by atoms with Crippen molar-refractivity contribution in [3.8, 4) is 11.5 Å². The Bertz CT molecular complexity index is 1860. The van der Waals surface area contributed by atoms with E-state index in [1.54, 1.807) is 19.9 Å². The number of hydrogen-bond acceptors (Lipinski definition) is 7. The molecule has 0 spiro atoms. The summed E-state index contributed by atoms with van der Waals surface area (Å²) in [7, 11) is -3.98. The molecule has 0 heterocycles. The fourth-order valence-corrected chi connectivity index (χ4v) is 8.57. The van der Waals surface area contributed by atoms with Crippen LogP contribution in [0, 0.1) is 13.8 Å². The van der Waals surface area contributed by atoms with Gasteiger partial charge in [-0.05, 0) is 117 Å². The summed E-state index contributed by atoms with van der Waals surface area (Å²) in [6, 6.07) is 27.4. The smallest absolute Gasteiger partial charge is 0.324 e. The van der Waals surface area contributed by atoms with Crippen molar-refractivity contribution in [3.05, 3.63) is 130 Å². The maximum absolute atomic E-state index is 15.4. The van der Waals surface area contributed by atoms with E-state index < -0.39 is 31.1 Å². The van der Waals surface area contributed by atoms with Gasteiger partial charge in [-0.2, -0.15) is 0 Å². The molecule has 3 N–H and O–H groups in total. The Morgan fingerprint density at radius 3 is 2.00 bits per heavy atom. The fraction of sp³-hybridized carbons (Fsp3) is 0.409. The van der Waals surface area contributed by atoms with Crippen LogP contribution in [-0.4, -0.2) is 54.1 Å². The van der Waals surface area contributed by atoms with Crippen LogP contribution < -0.4 is 14.9 Å². The Balaban J connectivity index is 1.71. The summed E-state index contributed by atoms with van der Waals surface area (Å²) < 4.78 is 33.4. The van der Waals surface area contributed by atoms with Gasteiger partial charge in [0.25, 0.3) is 0 Å². The first-order valence-corrected chi connectivity index (χ1v) is 20.6. The van der Waals surface area contributed by atoms with Gasteiger partial charge >= 0.3 is 5.97 Å². The first kappa shape index (κ1) is 42.5. The number of phenolic OH excluding ortho intramolecular Hbond substituents is 1. The van der Waals surface area contributed by atoms with E-state index in [1.807, 2.05) is 113 Å². The Labute approximate surface area is 321 Å². The Morgan fingerprint density at radius 2 is 1.44 bits per heavy atom. The molecule has 1 unspecified atom stereocenters. The molecule has 4 aromatic carbocycles.